The molecule has 0 saturated carbocycles. The number of benzene rings is 2. The number of aromatic nitrogens is 2. The summed E-state index contributed by atoms with van der Waals surface area (Å²) >= 11 is 0. The van der Waals surface area contributed by atoms with Gasteiger partial charge in [0.25, 0.3) is 10.0 Å². The van der Waals surface area contributed by atoms with E-state index in [1.807, 2.05) is 54.6 Å². The number of anilines is 1. The molecule has 0 bridgehead atoms. The van der Waals surface area contributed by atoms with E-state index in [4.69, 9.17) is 4.74 Å². The van der Waals surface area contributed by atoms with E-state index in [2.05, 4.69) is 10.3 Å². The lowest BCUT2D eigenvalue weighted by atomic mass is 9.94. The molecule has 1 aromatic heterocycles. The Hall–Kier alpha value is -2.84. The fraction of sp³-hybridized carbons (Fsp3) is 0.286. The van der Waals surface area contributed by atoms with Crippen LogP contribution in [0.25, 0.3) is 0 Å². The van der Waals surface area contributed by atoms with Gasteiger partial charge in [-0.25, -0.2) is 13.4 Å². The Morgan fingerprint density at radius 2 is 1.79 bits per heavy atom. The van der Waals surface area contributed by atoms with Crippen LogP contribution in [0, 0.1) is 0 Å². The van der Waals surface area contributed by atoms with E-state index in [1.54, 1.807) is 18.7 Å². The lowest BCUT2D eigenvalue weighted by Crippen LogP contribution is -2.32. The average Bonchev–Trinajstić information content (AvgIpc) is 3.36. The number of hydrogen-bond acceptors (Lipinski definition) is 5. The van der Waals surface area contributed by atoms with E-state index in [0.29, 0.717) is 13.1 Å². The van der Waals surface area contributed by atoms with Crippen molar-refractivity contribution >= 4 is 15.7 Å². The molecule has 1 N–H and O–H groups in total. The van der Waals surface area contributed by atoms with Crippen molar-refractivity contribution in [3.8, 4) is 5.75 Å². The predicted molar refractivity (Wildman–Crippen MR) is 112 cm³/mol. The van der Waals surface area contributed by atoms with Gasteiger partial charge in [-0.1, -0.05) is 30.3 Å². The summed E-state index contributed by atoms with van der Waals surface area (Å²) in [6, 6.07) is 17.6. The summed E-state index contributed by atoms with van der Waals surface area (Å²) in [6.45, 7) is 0.765. The quantitative estimate of drug-likeness (QED) is 0.674. The van der Waals surface area contributed by atoms with Crippen molar-refractivity contribution < 1.29 is 13.2 Å². The molecule has 1 fully saturated rings. The summed E-state index contributed by atoms with van der Waals surface area (Å²) in [4.78, 5) is 4.06. The molecule has 152 valence electrons. The number of hydrogen-bond donors (Lipinski definition) is 1. The molecule has 0 amide bonds. The standard InChI is InChI=1S/C21H24N4O3S/c1-24-14-21(22-15-24)29(26,27)25-12-19(16-6-4-3-5-7-16)20(13-25)23-17-8-10-18(28-2)11-9-17/h3-11,14-15,19-20,23H,12-13H2,1-2H3/t19-,20+/m0/s1. The number of ether oxygens (including phenoxy) is 1. The summed E-state index contributed by atoms with van der Waals surface area (Å²) in [6.07, 6.45) is 3.04. The third-order valence-electron chi connectivity index (χ3n) is 5.24. The molecule has 2 atom stereocenters. The number of imidazole rings is 1. The molecule has 1 saturated heterocycles. The average molecular weight is 413 g/mol. The Morgan fingerprint density at radius 1 is 1.07 bits per heavy atom. The molecule has 0 aliphatic carbocycles. The fourth-order valence-corrected chi connectivity index (χ4v) is 5.16. The van der Waals surface area contributed by atoms with Gasteiger partial charge >= 0.3 is 0 Å². The second-order valence-corrected chi connectivity index (χ2v) is 9.08. The molecule has 0 unspecified atom stereocenters. The zero-order chi connectivity index (χ0) is 20.4. The molecule has 8 heteroatoms. The summed E-state index contributed by atoms with van der Waals surface area (Å²) in [5.41, 5.74) is 2.03. The van der Waals surface area contributed by atoms with Crippen molar-refractivity contribution in [2.24, 2.45) is 7.05 Å². The maximum Gasteiger partial charge on any atom is 0.262 e. The van der Waals surface area contributed by atoms with Crippen LogP contribution < -0.4 is 10.1 Å². The monoisotopic (exact) mass is 412 g/mol. The van der Waals surface area contributed by atoms with E-state index in [-0.39, 0.29) is 17.0 Å². The molecule has 0 spiro atoms. The van der Waals surface area contributed by atoms with Gasteiger partial charge in [0.2, 0.25) is 0 Å². The van der Waals surface area contributed by atoms with Crippen LogP contribution in [0.3, 0.4) is 0 Å². The Kier molecular flexibility index (Phi) is 5.29. The van der Waals surface area contributed by atoms with Gasteiger partial charge in [0.05, 0.1) is 13.4 Å². The minimum absolute atomic E-state index is 0.0248. The Balaban J connectivity index is 1.62. The lowest BCUT2D eigenvalue weighted by molar-refractivity contribution is 0.415. The van der Waals surface area contributed by atoms with Gasteiger partial charge < -0.3 is 14.6 Å². The third-order valence-corrected chi connectivity index (χ3v) is 6.96. The zero-order valence-electron chi connectivity index (χ0n) is 16.4. The lowest BCUT2D eigenvalue weighted by Gasteiger charge is -2.21. The van der Waals surface area contributed by atoms with Crippen LogP contribution in [0.2, 0.25) is 0 Å². The van der Waals surface area contributed by atoms with Gasteiger partial charge in [-0.15, -0.1) is 0 Å². The Bertz CT molecular complexity index is 1060. The summed E-state index contributed by atoms with van der Waals surface area (Å²) in [5.74, 6) is 0.803. The first kappa shape index (κ1) is 19.5. The van der Waals surface area contributed by atoms with Gasteiger partial charge in [-0.05, 0) is 29.8 Å². The van der Waals surface area contributed by atoms with Gasteiger partial charge in [0.15, 0.2) is 5.03 Å². The maximum atomic E-state index is 13.1. The molecule has 3 aromatic rings. The number of rotatable bonds is 6. The molecule has 7 nitrogen and oxygen atoms in total. The second-order valence-electron chi connectivity index (χ2n) is 7.20. The Morgan fingerprint density at radius 3 is 2.41 bits per heavy atom. The summed E-state index contributed by atoms with van der Waals surface area (Å²) < 4.78 is 34.6. The molecule has 0 radical (unpaired) electrons. The highest BCUT2D eigenvalue weighted by Crippen LogP contribution is 2.33. The smallest absolute Gasteiger partial charge is 0.262 e. The van der Waals surface area contributed by atoms with E-state index in [1.165, 1.54) is 16.8 Å². The van der Waals surface area contributed by atoms with E-state index < -0.39 is 10.0 Å². The number of methoxy groups -OCH3 is 1. The normalized spacial score (nSPS) is 19.9. The van der Waals surface area contributed by atoms with E-state index in [9.17, 15) is 8.42 Å². The molecular formula is C21H24N4O3S. The van der Waals surface area contributed by atoms with Crippen molar-refractivity contribution in [3.63, 3.8) is 0 Å². The first-order chi connectivity index (χ1) is 14.0. The molecule has 1 aliphatic heterocycles. The van der Waals surface area contributed by atoms with Crippen LogP contribution in [0.4, 0.5) is 5.69 Å². The van der Waals surface area contributed by atoms with Gasteiger partial charge in [-0.3, -0.25) is 0 Å². The molecular weight excluding hydrogens is 388 g/mol. The van der Waals surface area contributed by atoms with Crippen LogP contribution in [0.15, 0.2) is 72.1 Å². The molecule has 2 aromatic carbocycles. The van der Waals surface area contributed by atoms with Crippen molar-refractivity contribution in [2.75, 3.05) is 25.5 Å². The zero-order valence-corrected chi connectivity index (χ0v) is 17.2. The van der Waals surface area contributed by atoms with Crippen molar-refractivity contribution in [3.05, 3.63) is 72.7 Å². The molecule has 2 heterocycles. The van der Waals surface area contributed by atoms with Crippen molar-refractivity contribution in [2.45, 2.75) is 17.0 Å². The first-order valence-corrected chi connectivity index (χ1v) is 10.8. The number of sulfonamides is 1. The fourth-order valence-electron chi connectivity index (χ4n) is 3.70. The van der Waals surface area contributed by atoms with E-state index in [0.717, 1.165) is 17.0 Å². The Labute approximate surface area is 171 Å². The largest absolute Gasteiger partial charge is 0.497 e. The summed E-state index contributed by atoms with van der Waals surface area (Å²) in [7, 11) is -0.262. The summed E-state index contributed by atoms with van der Waals surface area (Å²) in [5, 5.41) is 3.59. The van der Waals surface area contributed by atoms with Crippen molar-refractivity contribution in [1.82, 2.24) is 13.9 Å². The van der Waals surface area contributed by atoms with Crippen LogP contribution in [-0.2, 0) is 17.1 Å². The maximum absolute atomic E-state index is 13.1. The highest BCUT2D eigenvalue weighted by molar-refractivity contribution is 7.89. The van der Waals surface area contributed by atoms with Crippen LogP contribution in [-0.4, -0.2) is 48.5 Å². The van der Waals surface area contributed by atoms with Crippen LogP contribution in [0.1, 0.15) is 11.5 Å². The van der Waals surface area contributed by atoms with E-state index >= 15 is 0 Å². The minimum Gasteiger partial charge on any atom is -0.497 e. The molecule has 29 heavy (non-hydrogen) atoms. The van der Waals surface area contributed by atoms with Crippen LogP contribution >= 0.6 is 0 Å². The highest BCUT2D eigenvalue weighted by atomic mass is 32.2. The van der Waals surface area contributed by atoms with Gasteiger partial charge in [0.1, 0.15) is 5.75 Å². The molecule has 1 aliphatic rings. The number of nitrogens with zero attached hydrogens (tertiary/aromatic N) is 3. The SMILES string of the molecule is COc1ccc(N[C@@H]2CN(S(=O)(=O)c3cn(C)cn3)C[C@H]2c2ccccc2)cc1. The molecule has 4 rings (SSSR count). The van der Waals surface area contributed by atoms with Crippen molar-refractivity contribution in [1.29, 1.82) is 0 Å². The van der Waals surface area contributed by atoms with Gasteiger partial charge in [0, 0.05) is 44.0 Å². The number of aryl methyl sites for hydroxylation is 1. The minimum atomic E-state index is -3.65. The van der Waals surface area contributed by atoms with Gasteiger partial charge in [-0.2, -0.15) is 4.31 Å². The second kappa shape index (κ2) is 7.88. The number of nitrogens with one attached hydrogen (secondary N) is 1. The third kappa shape index (κ3) is 3.99. The highest BCUT2D eigenvalue weighted by Gasteiger charge is 2.40. The topological polar surface area (TPSA) is 76.5 Å². The predicted octanol–water partition coefficient (Wildman–Crippen LogP) is 2.70. The van der Waals surface area contributed by atoms with Crippen LogP contribution in [0.5, 0.6) is 5.75 Å². The first-order valence-electron chi connectivity index (χ1n) is 9.41.